The molecule has 0 saturated heterocycles. The molecule has 0 bridgehead atoms. The quantitative estimate of drug-likeness (QED) is 0.575. The van der Waals surface area contributed by atoms with Gasteiger partial charge in [0.05, 0.1) is 12.2 Å². The summed E-state index contributed by atoms with van der Waals surface area (Å²) in [5, 5.41) is 31.5. The first kappa shape index (κ1) is 20.0. The first-order chi connectivity index (χ1) is 14.9. The highest BCUT2D eigenvalue weighted by Crippen LogP contribution is 2.69. The predicted octanol–water partition coefficient (Wildman–Crippen LogP) is 5.11. The average Bonchev–Trinajstić information content (AvgIpc) is 3.06. The highest BCUT2D eigenvalue weighted by molar-refractivity contribution is 5.66. The molecule has 4 aliphatic rings. The lowest BCUT2D eigenvalue weighted by Gasteiger charge is -2.64. The fourth-order valence-electron chi connectivity index (χ4n) is 9.32. The normalized spacial score (nSPS) is 53.0. The smallest absolute Gasteiger partial charge is 0.303 e. The first-order valence-corrected chi connectivity index (χ1v) is 12.5. The molecule has 0 radical (unpaired) electrons. The summed E-state index contributed by atoms with van der Waals surface area (Å²) in [4.78, 5) is 11.4. The van der Waals surface area contributed by atoms with Crippen LogP contribution >= 0.6 is 0 Å². The van der Waals surface area contributed by atoms with Gasteiger partial charge >= 0.3 is 5.97 Å². The molecule has 172 valence electrons. The van der Waals surface area contributed by atoms with Gasteiger partial charge in [0.2, 0.25) is 0 Å². The van der Waals surface area contributed by atoms with Crippen LogP contribution in [0.25, 0.3) is 0 Å². The Morgan fingerprint density at radius 3 is 2.40 bits per heavy atom. The second kappa shape index (κ2) is 8.06. The fraction of sp³-hybridized carbons (Fsp3) is 0.962. The van der Waals surface area contributed by atoms with Gasteiger partial charge in [0.15, 0.2) is 0 Å². The summed E-state index contributed by atoms with van der Waals surface area (Å²) in [5.41, 5.74) is 0.210. The van der Waals surface area contributed by atoms with Crippen molar-refractivity contribution >= 4 is 5.97 Å². The summed E-state index contributed by atoms with van der Waals surface area (Å²) >= 11 is 0. The van der Waals surface area contributed by atoms with E-state index in [2.05, 4.69) is 20.8 Å². The van der Waals surface area contributed by atoms with Gasteiger partial charge in [-0.2, -0.15) is 0 Å². The van der Waals surface area contributed by atoms with E-state index in [1.165, 1.54) is 0 Å². The summed E-state index contributed by atoms with van der Waals surface area (Å²) in [5.74, 6) is 0.723. The summed E-state index contributed by atoms with van der Waals surface area (Å²) in [7, 11) is 0. The van der Waals surface area contributed by atoms with E-state index >= 15 is 0 Å². The number of aliphatic hydroxyl groups is 2. The third-order valence-electron chi connectivity index (χ3n) is 10.7. The molecule has 0 aliphatic heterocycles. The van der Waals surface area contributed by atoms with Gasteiger partial charge < -0.3 is 15.3 Å². The molecule has 0 amide bonds. The zero-order valence-electron chi connectivity index (χ0n) is 21.3. The second-order valence-electron chi connectivity index (χ2n) is 11.8. The van der Waals surface area contributed by atoms with Gasteiger partial charge in [-0.05, 0) is 104 Å². The average molecular weight is 423 g/mol. The number of fused-ring (bicyclic) bond motifs is 5. The Morgan fingerprint density at radius 1 is 1.07 bits per heavy atom. The van der Waals surface area contributed by atoms with Crippen LogP contribution < -0.4 is 0 Å². The number of rotatable bonds is 5. The molecule has 4 fully saturated rings. The van der Waals surface area contributed by atoms with Crippen LogP contribution in [0, 0.1) is 52.3 Å². The standard InChI is InChI=1S/C26H44O4/c1-5-17-21-14-16(27)10-12-26(21,4)20-11-13-25(3)18(15(2)6-9-22(28)29)7-8-19(25)23(20)24(17)30/h15-21,23-24,27,30H,5-14H2,1-4H3,(H,28,29)/t15-,16-,17-,18-,19?,20?,21+,23?,24?,25-,26-/m1/s1/i9D2. The van der Waals surface area contributed by atoms with E-state index in [4.69, 9.17) is 2.74 Å². The molecule has 4 aliphatic carbocycles. The maximum atomic E-state index is 11.7. The Hall–Kier alpha value is -0.610. The van der Waals surface area contributed by atoms with Gasteiger partial charge in [0.25, 0.3) is 0 Å². The van der Waals surface area contributed by atoms with Crippen molar-refractivity contribution < 1.29 is 22.9 Å². The first-order valence-electron chi connectivity index (χ1n) is 13.5. The van der Waals surface area contributed by atoms with Crippen LogP contribution in [0.2, 0.25) is 0 Å². The number of carbonyl (C=O) groups is 1. The maximum absolute atomic E-state index is 11.7. The number of carboxylic acid groups (broad SMARTS) is 1. The molecule has 4 saturated carbocycles. The largest absolute Gasteiger partial charge is 0.481 e. The van der Waals surface area contributed by atoms with Crippen LogP contribution in [0.4, 0.5) is 0 Å². The minimum atomic E-state index is -2.19. The predicted molar refractivity (Wildman–Crippen MR) is 118 cm³/mol. The molecule has 0 spiro atoms. The molecule has 0 aromatic carbocycles. The van der Waals surface area contributed by atoms with E-state index in [1.54, 1.807) is 0 Å². The molecular formula is C26H44O4. The third-order valence-corrected chi connectivity index (χ3v) is 10.7. The van der Waals surface area contributed by atoms with Crippen molar-refractivity contribution in [2.45, 2.75) is 104 Å². The van der Waals surface area contributed by atoms with Crippen molar-refractivity contribution in [3.05, 3.63) is 0 Å². The highest BCUT2D eigenvalue weighted by Gasteiger charge is 2.64. The lowest BCUT2D eigenvalue weighted by atomic mass is 9.41. The van der Waals surface area contributed by atoms with Crippen LogP contribution in [0.15, 0.2) is 0 Å². The van der Waals surface area contributed by atoms with E-state index in [9.17, 15) is 20.1 Å². The Morgan fingerprint density at radius 2 is 1.73 bits per heavy atom. The van der Waals surface area contributed by atoms with Crippen molar-refractivity contribution in [2.75, 3.05) is 0 Å². The van der Waals surface area contributed by atoms with Crippen LogP contribution in [-0.2, 0) is 4.79 Å². The Balaban J connectivity index is 1.62. The van der Waals surface area contributed by atoms with Gasteiger partial charge in [0, 0.05) is 9.11 Å². The number of aliphatic hydroxyl groups excluding tert-OH is 2. The molecule has 4 nitrogen and oxygen atoms in total. The zero-order chi connectivity index (χ0) is 23.6. The second-order valence-corrected chi connectivity index (χ2v) is 11.8. The highest BCUT2D eigenvalue weighted by atomic mass is 16.4. The van der Waals surface area contributed by atoms with Gasteiger partial charge in [0.1, 0.15) is 0 Å². The summed E-state index contributed by atoms with van der Waals surface area (Å²) in [6.45, 7) is 9.02. The number of carboxylic acids is 1. The van der Waals surface area contributed by atoms with Gasteiger partial charge in [-0.15, -0.1) is 0 Å². The lowest BCUT2D eigenvalue weighted by molar-refractivity contribution is -0.203. The minimum absolute atomic E-state index is 0.00326. The molecule has 11 atom stereocenters. The molecule has 3 N–H and O–H groups in total. The Labute approximate surface area is 185 Å². The van der Waals surface area contributed by atoms with E-state index in [-0.39, 0.29) is 47.2 Å². The molecule has 0 aromatic rings. The Bertz CT molecular complexity index is 729. The Kier molecular flexibility index (Phi) is 5.38. The van der Waals surface area contributed by atoms with Crippen LogP contribution in [0.5, 0.6) is 0 Å². The molecule has 0 heterocycles. The lowest BCUT2D eigenvalue weighted by Crippen LogP contribution is -2.62. The van der Waals surface area contributed by atoms with Gasteiger partial charge in [-0.3, -0.25) is 4.79 Å². The van der Waals surface area contributed by atoms with Crippen LogP contribution in [-0.4, -0.2) is 33.5 Å². The summed E-state index contributed by atoms with van der Waals surface area (Å²) in [6, 6.07) is 0. The van der Waals surface area contributed by atoms with Crippen molar-refractivity contribution in [3.63, 3.8) is 0 Å². The van der Waals surface area contributed by atoms with E-state index < -0.39 is 12.3 Å². The minimum Gasteiger partial charge on any atom is -0.481 e. The van der Waals surface area contributed by atoms with Crippen molar-refractivity contribution in [1.29, 1.82) is 0 Å². The third kappa shape index (κ3) is 3.36. The van der Waals surface area contributed by atoms with Crippen molar-refractivity contribution in [1.82, 2.24) is 0 Å². The van der Waals surface area contributed by atoms with E-state index in [1.807, 2.05) is 6.92 Å². The molecule has 4 heteroatoms. The topological polar surface area (TPSA) is 77.8 Å². The molecule has 4 rings (SSSR count). The number of hydrogen-bond donors (Lipinski definition) is 3. The van der Waals surface area contributed by atoms with Gasteiger partial charge in [-0.25, -0.2) is 0 Å². The number of hydrogen-bond acceptors (Lipinski definition) is 3. The maximum Gasteiger partial charge on any atom is 0.303 e. The van der Waals surface area contributed by atoms with Crippen molar-refractivity contribution in [3.8, 4) is 0 Å². The summed E-state index contributed by atoms with van der Waals surface area (Å²) in [6.07, 6.45) is 5.21. The van der Waals surface area contributed by atoms with E-state index in [0.29, 0.717) is 23.7 Å². The van der Waals surface area contributed by atoms with Gasteiger partial charge in [-0.1, -0.05) is 34.1 Å². The number of aliphatic carboxylic acids is 1. The monoisotopic (exact) mass is 422 g/mol. The van der Waals surface area contributed by atoms with Crippen LogP contribution in [0.3, 0.4) is 0 Å². The molecule has 4 unspecified atom stereocenters. The molecule has 30 heavy (non-hydrogen) atoms. The molecular weight excluding hydrogens is 376 g/mol. The summed E-state index contributed by atoms with van der Waals surface area (Å²) < 4.78 is 15.9. The van der Waals surface area contributed by atoms with E-state index in [0.717, 1.165) is 51.4 Å². The van der Waals surface area contributed by atoms with Crippen molar-refractivity contribution in [2.24, 2.45) is 52.3 Å². The zero-order valence-corrected chi connectivity index (χ0v) is 19.3. The fourth-order valence-corrected chi connectivity index (χ4v) is 9.32. The van der Waals surface area contributed by atoms with Crippen LogP contribution in [0.1, 0.15) is 94.6 Å². The SMILES string of the molecule is [2H]C([2H])(C[C@@H](C)[C@H]1CCC2C3C(O)[C@H](CC)[C@@H]4C[C@H](O)CC[C@]4(C)C3CC[C@@]21C)C(=O)O. The molecule has 0 aromatic heterocycles.